The quantitative estimate of drug-likeness (QED) is 0.121. The molecule has 0 nitrogen and oxygen atoms in total. The molecule has 0 fully saturated rings. The van der Waals surface area contributed by atoms with E-state index in [9.17, 15) is 0 Å². The van der Waals surface area contributed by atoms with Crippen molar-refractivity contribution in [2.24, 2.45) is 0 Å². The summed E-state index contributed by atoms with van der Waals surface area (Å²) in [7, 11) is 0. The fraction of sp³-hybridized carbons (Fsp3) is 0.289. The number of hydrogen-bond acceptors (Lipinski definition) is 0. The summed E-state index contributed by atoms with van der Waals surface area (Å²) >= 11 is 1.36. The maximum atomic E-state index is 3.25. The first-order valence-electron chi connectivity index (χ1n) is 16.9. The molecule has 0 spiro atoms. The van der Waals surface area contributed by atoms with Crippen LogP contribution in [-0.4, -0.2) is 6.88 Å². The van der Waals surface area contributed by atoms with E-state index in [1.165, 1.54) is 101 Å². The van der Waals surface area contributed by atoms with E-state index in [4.69, 9.17) is 0 Å². The summed E-state index contributed by atoms with van der Waals surface area (Å²) in [5.74, 6) is 1.17. The monoisotopic (exact) mass is 784 g/mol. The Labute approximate surface area is 328 Å². The van der Waals surface area contributed by atoms with Gasteiger partial charge in [0.2, 0.25) is 0 Å². The number of rotatable bonds is 5. The summed E-state index contributed by atoms with van der Waals surface area (Å²) in [5, 5.41) is 5.55. The normalized spacial score (nSPS) is 9.90. The Morgan fingerprint density at radius 2 is 0.939 bits per heavy atom. The molecule has 2 radical (unpaired) electrons. The average molecular weight is 787 g/mol. The van der Waals surface area contributed by atoms with Gasteiger partial charge in [-0.25, -0.2) is 0 Å². The second kappa shape index (κ2) is 23.3. The van der Waals surface area contributed by atoms with Crippen LogP contribution in [0, 0.1) is 34.6 Å². The zero-order valence-electron chi connectivity index (χ0n) is 31.3. The molecule has 0 amide bonds. The molecule has 6 aromatic rings. The van der Waals surface area contributed by atoms with E-state index >= 15 is 0 Å². The first-order valence-corrected chi connectivity index (χ1v) is 21.1. The van der Waals surface area contributed by atoms with Crippen LogP contribution in [0.5, 0.6) is 0 Å². The van der Waals surface area contributed by atoms with Gasteiger partial charge in [0.15, 0.2) is 0 Å². The Morgan fingerprint density at radius 3 is 1.31 bits per heavy atom. The predicted molar refractivity (Wildman–Crippen MR) is 224 cm³/mol. The van der Waals surface area contributed by atoms with E-state index in [1.54, 1.807) is 13.8 Å². The Morgan fingerprint density at radius 1 is 0.571 bits per heavy atom. The van der Waals surface area contributed by atoms with Gasteiger partial charge < -0.3 is 13.8 Å². The van der Waals surface area contributed by atoms with Crippen LogP contribution in [-0.2, 0) is 29.8 Å². The third-order valence-electron chi connectivity index (χ3n) is 8.60. The summed E-state index contributed by atoms with van der Waals surface area (Å²) < 4.78 is 0. The van der Waals surface area contributed by atoms with Gasteiger partial charge in [-0.1, -0.05) is 127 Å². The third kappa shape index (κ3) is 11.9. The Bertz CT molecular complexity index is 1810. The van der Waals surface area contributed by atoms with Crippen LogP contribution < -0.4 is 0 Å². The first kappa shape index (κ1) is 46.8. The van der Waals surface area contributed by atoms with Gasteiger partial charge >= 0.3 is 30.2 Å². The van der Waals surface area contributed by atoms with E-state index in [-0.39, 0.29) is 24.8 Å². The van der Waals surface area contributed by atoms with Gasteiger partial charge in [0, 0.05) is 0 Å². The molecule has 0 saturated heterocycles. The van der Waals surface area contributed by atoms with Crippen molar-refractivity contribution < 1.29 is 23.3 Å². The second-order valence-electron chi connectivity index (χ2n) is 12.3. The van der Waals surface area contributed by atoms with Crippen LogP contribution in [0.3, 0.4) is 0 Å². The van der Waals surface area contributed by atoms with E-state index in [1.807, 2.05) is 0 Å². The van der Waals surface area contributed by atoms with Crippen molar-refractivity contribution in [3.63, 3.8) is 0 Å². The molecular formula is C45H56Cl2SiZr-4. The molecule has 0 atom stereocenters. The van der Waals surface area contributed by atoms with Crippen LogP contribution in [0.1, 0.15) is 93.7 Å². The molecule has 262 valence electrons. The average Bonchev–Trinajstić information content (AvgIpc) is 3.73. The van der Waals surface area contributed by atoms with Crippen molar-refractivity contribution in [3.8, 4) is 22.3 Å². The SMILES string of the molecule is CCc1cc2c(-c3ccc(C(C)C)cc3)ccc(C)c2[cH-]1.Cc1cc2c(-c3ccc(C(C)C)cc3)ccc(C)c2[cH-]1.Cl.Cl.[CH2-]C.[CH2-]C.[Si]=[Zr]. The molecule has 0 aromatic heterocycles. The Kier molecular flexibility index (Phi) is 22.2. The summed E-state index contributed by atoms with van der Waals surface area (Å²) in [6, 6.07) is 36.3. The number of halogens is 2. The van der Waals surface area contributed by atoms with Gasteiger partial charge in [-0.2, -0.15) is 26.0 Å². The standard InChI is InChI=1S/C21H23.C20H21.2C2H5.2ClH.Si.Zr/c1-5-16-12-20-15(4)6-11-19(21(20)13-16)18-9-7-17(8-10-18)14(2)3;1-13(2)16-6-8-17(9-7-16)18-10-5-15(4)19-11-14(3)12-20(18)19;2*1-2;;;;/h6-14H,5H2,1-4H3;5-13H,1-4H3;2*1H2,2H3;2*1H;;/q4*-1;;;;. The molecule has 0 aliphatic rings. The van der Waals surface area contributed by atoms with E-state index in [0.717, 1.165) is 6.42 Å². The molecular weight excluding hydrogens is 731 g/mol. The van der Waals surface area contributed by atoms with Gasteiger partial charge in [-0.15, -0.1) is 92.9 Å². The summed E-state index contributed by atoms with van der Waals surface area (Å²) in [4.78, 5) is 0. The molecule has 0 N–H and O–H groups in total. The number of aryl methyl sites for hydroxylation is 4. The number of hydrogen-bond donors (Lipinski definition) is 0. The molecule has 0 aliphatic heterocycles. The van der Waals surface area contributed by atoms with Crippen molar-refractivity contribution in [1.82, 2.24) is 0 Å². The summed E-state index contributed by atoms with van der Waals surface area (Å²) in [5.41, 5.74) is 13.6. The fourth-order valence-electron chi connectivity index (χ4n) is 5.90. The molecule has 0 bridgehead atoms. The zero-order valence-corrected chi connectivity index (χ0v) is 36.4. The van der Waals surface area contributed by atoms with Gasteiger partial charge in [0.25, 0.3) is 0 Å². The van der Waals surface area contributed by atoms with Crippen molar-refractivity contribution in [1.29, 1.82) is 0 Å². The summed E-state index contributed by atoms with van der Waals surface area (Å²) in [6.45, 7) is 30.8. The molecule has 6 aromatic carbocycles. The van der Waals surface area contributed by atoms with Crippen molar-refractivity contribution in [3.05, 3.63) is 144 Å². The summed E-state index contributed by atoms with van der Waals surface area (Å²) in [6.07, 6.45) is 1.10. The second-order valence-corrected chi connectivity index (χ2v) is 12.3. The topological polar surface area (TPSA) is 0 Å². The number of fused-ring (bicyclic) bond motifs is 2. The van der Waals surface area contributed by atoms with E-state index in [0.29, 0.717) is 11.8 Å². The van der Waals surface area contributed by atoms with Crippen LogP contribution in [0.25, 0.3) is 43.8 Å². The minimum absolute atomic E-state index is 0. The van der Waals surface area contributed by atoms with Crippen molar-refractivity contribution in [2.75, 3.05) is 0 Å². The minimum atomic E-state index is 0. The molecule has 0 unspecified atom stereocenters. The fourth-order valence-corrected chi connectivity index (χ4v) is 5.90. The van der Waals surface area contributed by atoms with E-state index < -0.39 is 0 Å². The third-order valence-corrected chi connectivity index (χ3v) is 8.60. The van der Waals surface area contributed by atoms with Crippen molar-refractivity contribution in [2.45, 2.75) is 87.5 Å². The van der Waals surface area contributed by atoms with Crippen LogP contribution in [0.4, 0.5) is 0 Å². The maximum absolute atomic E-state index is 3.25. The van der Waals surface area contributed by atoms with Gasteiger partial charge in [-0.3, -0.25) is 0 Å². The number of benzene rings is 4. The zero-order chi connectivity index (χ0) is 35.3. The van der Waals surface area contributed by atoms with Gasteiger partial charge in [0.1, 0.15) is 0 Å². The first-order chi connectivity index (χ1) is 22.7. The molecule has 0 saturated carbocycles. The Balaban J connectivity index is 0.000000789. The van der Waals surface area contributed by atoms with Crippen molar-refractivity contribution >= 4 is 53.2 Å². The van der Waals surface area contributed by atoms with Crippen LogP contribution in [0.2, 0.25) is 0 Å². The Hall–Kier alpha value is -2.22. The molecule has 4 heteroatoms. The van der Waals surface area contributed by atoms with E-state index in [2.05, 4.69) is 173 Å². The predicted octanol–water partition coefficient (Wildman–Crippen LogP) is 14.3. The molecule has 6 rings (SSSR count). The van der Waals surface area contributed by atoms with Gasteiger partial charge in [-0.05, 0) is 40.5 Å². The molecule has 49 heavy (non-hydrogen) atoms. The van der Waals surface area contributed by atoms with Gasteiger partial charge in [0.05, 0.1) is 0 Å². The molecule has 0 heterocycles. The van der Waals surface area contributed by atoms with Crippen LogP contribution in [0.15, 0.2) is 97.1 Å². The van der Waals surface area contributed by atoms with Crippen LogP contribution >= 0.6 is 24.8 Å². The molecule has 0 aliphatic carbocycles.